The first kappa shape index (κ1) is 11.4. The van der Waals surface area contributed by atoms with Crippen LogP contribution in [0.15, 0.2) is 0 Å². The maximum atomic E-state index is 10.5. The Bertz CT molecular complexity index is 136. The lowest BCUT2D eigenvalue weighted by Gasteiger charge is -2.18. The lowest BCUT2D eigenvalue weighted by Crippen LogP contribution is -2.30. The van der Waals surface area contributed by atoms with Gasteiger partial charge in [0.15, 0.2) is 0 Å². The molecule has 2 atom stereocenters. The van der Waals surface area contributed by atoms with Crippen molar-refractivity contribution >= 4 is 5.97 Å². The van der Waals surface area contributed by atoms with Gasteiger partial charge in [0.1, 0.15) is 0 Å². The lowest BCUT2D eigenvalue weighted by molar-refractivity contribution is -0.146. The fourth-order valence-corrected chi connectivity index (χ4v) is 1.01. The highest BCUT2D eigenvalue weighted by Crippen LogP contribution is 2.14. The van der Waals surface area contributed by atoms with E-state index in [4.69, 9.17) is 20.4 Å². The van der Waals surface area contributed by atoms with Crippen LogP contribution < -0.4 is 0 Å². The Balaban J connectivity index is 4.12. The van der Waals surface area contributed by atoms with Crippen molar-refractivity contribution in [2.24, 2.45) is 11.8 Å². The van der Waals surface area contributed by atoms with Gasteiger partial charge in [-0.3, -0.25) is 4.79 Å². The predicted molar refractivity (Wildman–Crippen MR) is 40.5 cm³/mol. The largest absolute Gasteiger partial charge is 0.481 e. The minimum absolute atomic E-state index is 0.186. The molecule has 0 spiro atoms. The second-order valence-corrected chi connectivity index (χ2v) is 2.58. The summed E-state index contributed by atoms with van der Waals surface area (Å²) in [6, 6.07) is 0. The topological polar surface area (TPSA) is 98.0 Å². The Morgan fingerprint density at radius 2 is 1.75 bits per heavy atom. The molecule has 0 saturated heterocycles. The summed E-state index contributed by atoms with van der Waals surface area (Å²) in [5.74, 6) is -2.70. The van der Waals surface area contributed by atoms with E-state index in [1.807, 2.05) is 0 Å². The summed E-state index contributed by atoms with van der Waals surface area (Å²) in [4.78, 5) is 10.5. The van der Waals surface area contributed by atoms with Crippen LogP contribution >= 0.6 is 0 Å². The van der Waals surface area contributed by atoms with E-state index >= 15 is 0 Å². The molecule has 0 aromatic heterocycles. The van der Waals surface area contributed by atoms with Gasteiger partial charge in [0, 0.05) is 13.2 Å². The molecule has 0 aliphatic rings. The van der Waals surface area contributed by atoms with Gasteiger partial charge in [-0.1, -0.05) is 0 Å². The number of carboxylic acid groups (broad SMARTS) is 1. The summed E-state index contributed by atoms with van der Waals surface area (Å²) in [5, 5.41) is 34.4. The van der Waals surface area contributed by atoms with Crippen LogP contribution in [0.1, 0.15) is 6.42 Å². The Morgan fingerprint density at radius 3 is 2.00 bits per heavy atom. The van der Waals surface area contributed by atoms with E-state index in [2.05, 4.69) is 0 Å². The van der Waals surface area contributed by atoms with Crippen molar-refractivity contribution in [2.75, 3.05) is 19.8 Å². The van der Waals surface area contributed by atoms with Gasteiger partial charge in [0.25, 0.3) is 0 Å². The Labute approximate surface area is 70.3 Å². The monoisotopic (exact) mass is 178 g/mol. The first-order valence-electron chi connectivity index (χ1n) is 3.72. The van der Waals surface area contributed by atoms with Crippen LogP contribution in [0.4, 0.5) is 0 Å². The third kappa shape index (κ3) is 3.17. The second-order valence-electron chi connectivity index (χ2n) is 2.58. The van der Waals surface area contributed by atoms with E-state index < -0.39 is 24.4 Å². The van der Waals surface area contributed by atoms with Gasteiger partial charge in [-0.25, -0.2) is 0 Å². The van der Waals surface area contributed by atoms with Crippen LogP contribution in [0.2, 0.25) is 0 Å². The van der Waals surface area contributed by atoms with Crippen molar-refractivity contribution in [3.05, 3.63) is 0 Å². The van der Waals surface area contributed by atoms with E-state index in [1.165, 1.54) is 0 Å². The van der Waals surface area contributed by atoms with Gasteiger partial charge in [-0.2, -0.15) is 0 Å². The summed E-state index contributed by atoms with van der Waals surface area (Å²) in [6.45, 7) is -1.03. The Kier molecular flexibility index (Phi) is 5.61. The number of carbonyl (C=O) groups is 1. The van der Waals surface area contributed by atoms with Gasteiger partial charge in [-0.15, -0.1) is 0 Å². The van der Waals surface area contributed by atoms with Crippen LogP contribution in [-0.4, -0.2) is 46.2 Å². The molecule has 0 heterocycles. The van der Waals surface area contributed by atoms with Gasteiger partial charge < -0.3 is 20.4 Å². The maximum Gasteiger partial charge on any atom is 0.309 e. The van der Waals surface area contributed by atoms with Crippen molar-refractivity contribution < 1.29 is 25.2 Å². The molecule has 0 rings (SSSR count). The fraction of sp³-hybridized carbons (Fsp3) is 0.857. The number of hydrogen-bond donors (Lipinski definition) is 4. The van der Waals surface area contributed by atoms with Crippen molar-refractivity contribution in [1.29, 1.82) is 0 Å². The van der Waals surface area contributed by atoms with E-state index in [-0.39, 0.29) is 19.6 Å². The summed E-state index contributed by atoms with van der Waals surface area (Å²) < 4.78 is 0. The minimum atomic E-state index is -1.15. The van der Waals surface area contributed by atoms with Crippen LogP contribution in [0.5, 0.6) is 0 Å². The Hall–Kier alpha value is -0.650. The van der Waals surface area contributed by atoms with Crippen molar-refractivity contribution in [2.45, 2.75) is 6.42 Å². The smallest absolute Gasteiger partial charge is 0.309 e. The van der Waals surface area contributed by atoms with Crippen molar-refractivity contribution in [3.8, 4) is 0 Å². The third-order valence-corrected chi connectivity index (χ3v) is 1.82. The normalized spacial score (nSPS) is 15.6. The average molecular weight is 178 g/mol. The molecular formula is C7H14O5. The number of hydrogen-bond acceptors (Lipinski definition) is 4. The zero-order chi connectivity index (χ0) is 9.56. The molecular weight excluding hydrogens is 164 g/mol. The van der Waals surface area contributed by atoms with Crippen molar-refractivity contribution in [1.82, 2.24) is 0 Å². The highest BCUT2D eigenvalue weighted by Gasteiger charge is 2.26. The molecule has 0 fully saturated rings. The molecule has 2 unspecified atom stereocenters. The number of aliphatic hydroxyl groups is 3. The second kappa shape index (κ2) is 5.93. The zero-order valence-electron chi connectivity index (χ0n) is 6.68. The van der Waals surface area contributed by atoms with Crippen LogP contribution in [0.3, 0.4) is 0 Å². The molecule has 0 amide bonds. The van der Waals surface area contributed by atoms with Crippen molar-refractivity contribution in [3.63, 3.8) is 0 Å². The van der Waals surface area contributed by atoms with Crippen LogP contribution in [0, 0.1) is 11.8 Å². The third-order valence-electron chi connectivity index (χ3n) is 1.82. The SMILES string of the molecule is O=C(O)C(CO)C(CO)CCO. The molecule has 72 valence electrons. The van der Waals surface area contributed by atoms with Gasteiger partial charge in [0.2, 0.25) is 0 Å². The average Bonchev–Trinajstić information content (AvgIpc) is 2.03. The van der Waals surface area contributed by atoms with Crippen LogP contribution in [0.25, 0.3) is 0 Å². The summed E-state index contributed by atoms with van der Waals surface area (Å²) >= 11 is 0. The fourth-order valence-electron chi connectivity index (χ4n) is 1.01. The van der Waals surface area contributed by atoms with Gasteiger partial charge in [0.05, 0.1) is 12.5 Å². The number of rotatable bonds is 6. The molecule has 4 N–H and O–H groups in total. The molecule has 0 aromatic rings. The zero-order valence-corrected chi connectivity index (χ0v) is 6.68. The minimum Gasteiger partial charge on any atom is -0.481 e. The Morgan fingerprint density at radius 1 is 1.17 bits per heavy atom. The molecule has 0 aromatic carbocycles. The summed E-state index contributed by atoms with van der Waals surface area (Å²) in [5.41, 5.74) is 0. The molecule has 5 heteroatoms. The molecule has 0 aliphatic heterocycles. The van der Waals surface area contributed by atoms with Gasteiger partial charge in [-0.05, 0) is 12.3 Å². The van der Waals surface area contributed by atoms with Crippen LogP contribution in [-0.2, 0) is 4.79 Å². The molecule has 5 nitrogen and oxygen atoms in total. The van der Waals surface area contributed by atoms with E-state index in [1.54, 1.807) is 0 Å². The molecule has 0 radical (unpaired) electrons. The lowest BCUT2D eigenvalue weighted by atomic mass is 9.91. The number of aliphatic hydroxyl groups excluding tert-OH is 3. The molecule has 12 heavy (non-hydrogen) atoms. The summed E-state index contributed by atoms with van der Waals surface area (Å²) in [6.07, 6.45) is 0.189. The highest BCUT2D eigenvalue weighted by molar-refractivity contribution is 5.70. The molecule has 0 aliphatic carbocycles. The number of carboxylic acids is 1. The molecule has 0 bridgehead atoms. The van der Waals surface area contributed by atoms with E-state index in [0.717, 1.165) is 0 Å². The highest BCUT2D eigenvalue weighted by atomic mass is 16.4. The first-order chi connectivity index (χ1) is 5.67. The predicted octanol–water partition coefficient (Wildman–Crippen LogP) is -1.33. The van der Waals surface area contributed by atoms with E-state index in [0.29, 0.717) is 0 Å². The summed E-state index contributed by atoms with van der Waals surface area (Å²) in [7, 11) is 0. The number of aliphatic carboxylic acids is 1. The molecule has 0 saturated carbocycles. The van der Waals surface area contributed by atoms with Gasteiger partial charge >= 0.3 is 5.97 Å². The maximum absolute atomic E-state index is 10.5. The first-order valence-corrected chi connectivity index (χ1v) is 3.72. The standard InChI is InChI=1S/C7H14O5/c8-2-1-5(3-9)6(4-10)7(11)12/h5-6,8-10H,1-4H2,(H,11,12). The quantitative estimate of drug-likeness (QED) is 0.404. The van der Waals surface area contributed by atoms with E-state index in [9.17, 15) is 4.79 Å².